The van der Waals surface area contributed by atoms with Crippen molar-refractivity contribution >= 4 is 11.6 Å². The van der Waals surface area contributed by atoms with Crippen LogP contribution in [0.4, 0.5) is 5.69 Å². The summed E-state index contributed by atoms with van der Waals surface area (Å²) in [5, 5.41) is 21.9. The molecule has 5 nitrogen and oxygen atoms in total. The fourth-order valence-corrected chi connectivity index (χ4v) is 6.47. The van der Waals surface area contributed by atoms with E-state index < -0.39 is 5.60 Å². The normalized spacial score (nSPS) is 40.2. The number of anilines is 1. The highest BCUT2D eigenvalue weighted by molar-refractivity contribution is 5.98. The Morgan fingerprint density at radius 3 is 2.88 bits per heavy atom. The van der Waals surface area contributed by atoms with E-state index in [4.69, 9.17) is 0 Å². The number of para-hydroxylation sites is 1. The minimum Gasteiger partial charge on any atom is -0.506 e. The van der Waals surface area contributed by atoms with Gasteiger partial charge in [-0.05, 0) is 56.8 Å². The zero-order chi connectivity index (χ0) is 16.7. The van der Waals surface area contributed by atoms with Gasteiger partial charge in [-0.25, -0.2) is 0 Å². The third-order valence-corrected chi connectivity index (χ3v) is 7.08. The van der Waals surface area contributed by atoms with Crippen molar-refractivity contribution in [1.82, 2.24) is 4.90 Å². The molecule has 5 heteroatoms. The Morgan fingerprint density at radius 2 is 2.08 bits per heavy atom. The quantitative estimate of drug-likeness (QED) is 0.762. The number of hydrogen-bond donors (Lipinski definition) is 2. The summed E-state index contributed by atoms with van der Waals surface area (Å²) in [6, 6.07) is 5.72. The van der Waals surface area contributed by atoms with Crippen molar-refractivity contribution in [1.29, 1.82) is 0 Å². The van der Waals surface area contributed by atoms with E-state index in [0.29, 0.717) is 5.69 Å². The first-order chi connectivity index (χ1) is 11.5. The van der Waals surface area contributed by atoms with Gasteiger partial charge in [0.05, 0.1) is 17.3 Å². The molecular formula is C19H24N2O3. The highest BCUT2D eigenvalue weighted by atomic mass is 16.3. The lowest BCUT2D eigenvalue weighted by atomic mass is 9.57. The molecule has 0 aromatic heterocycles. The van der Waals surface area contributed by atoms with Crippen LogP contribution >= 0.6 is 0 Å². The van der Waals surface area contributed by atoms with E-state index in [2.05, 4.69) is 11.0 Å². The van der Waals surface area contributed by atoms with Crippen LogP contribution in [0.25, 0.3) is 0 Å². The predicted molar refractivity (Wildman–Crippen MR) is 90.1 cm³/mol. The molecule has 1 aliphatic carbocycles. The topological polar surface area (TPSA) is 64.0 Å². The van der Waals surface area contributed by atoms with Crippen LogP contribution in [0.5, 0.6) is 5.75 Å². The van der Waals surface area contributed by atoms with Crippen molar-refractivity contribution in [2.24, 2.45) is 0 Å². The molecule has 4 unspecified atom stereocenters. The van der Waals surface area contributed by atoms with Crippen LogP contribution in [0, 0.1) is 0 Å². The Balaban J connectivity index is 1.78. The number of carbonyl (C=O) groups is 1. The van der Waals surface area contributed by atoms with E-state index in [0.717, 1.165) is 50.8 Å². The first-order valence-electron chi connectivity index (χ1n) is 9.08. The molecule has 1 spiro atoms. The molecule has 1 aromatic carbocycles. The average Bonchev–Trinajstić information content (AvgIpc) is 3.07. The van der Waals surface area contributed by atoms with Gasteiger partial charge >= 0.3 is 0 Å². The number of piperidine rings is 1. The van der Waals surface area contributed by atoms with Gasteiger partial charge in [0, 0.05) is 18.4 Å². The highest BCUT2D eigenvalue weighted by Crippen LogP contribution is 2.63. The molecule has 5 rings (SSSR count). The predicted octanol–water partition coefficient (Wildman–Crippen LogP) is 1.76. The van der Waals surface area contributed by atoms with Crippen LogP contribution in [0.1, 0.15) is 44.6 Å². The zero-order valence-electron chi connectivity index (χ0n) is 14.0. The Bertz CT molecular complexity index is 735. The molecule has 128 valence electrons. The summed E-state index contributed by atoms with van der Waals surface area (Å²) in [5.41, 5.74) is 0.843. The maximum atomic E-state index is 12.5. The average molecular weight is 328 g/mol. The maximum absolute atomic E-state index is 12.5. The van der Waals surface area contributed by atoms with Crippen molar-refractivity contribution in [3.63, 3.8) is 0 Å². The molecule has 24 heavy (non-hydrogen) atoms. The van der Waals surface area contributed by atoms with Gasteiger partial charge in [0.15, 0.2) is 0 Å². The second-order valence-electron chi connectivity index (χ2n) is 8.05. The third kappa shape index (κ3) is 1.51. The van der Waals surface area contributed by atoms with E-state index in [1.165, 1.54) is 0 Å². The Hall–Kier alpha value is -1.59. The van der Waals surface area contributed by atoms with Crippen LogP contribution in [0.3, 0.4) is 0 Å². The molecule has 3 fully saturated rings. The molecule has 3 heterocycles. The molecule has 2 N–H and O–H groups in total. The number of nitrogens with zero attached hydrogens (tertiary/aromatic N) is 2. The number of phenols is 1. The molecule has 4 aliphatic rings. The summed E-state index contributed by atoms with van der Waals surface area (Å²) in [6.45, 7) is 3.57. The van der Waals surface area contributed by atoms with Crippen molar-refractivity contribution in [2.75, 3.05) is 18.0 Å². The number of rotatable bonds is 0. The Labute approximate surface area is 141 Å². The summed E-state index contributed by atoms with van der Waals surface area (Å²) in [5.74, 6) is 0.170. The van der Waals surface area contributed by atoms with Gasteiger partial charge in [0.25, 0.3) is 0 Å². The SMILES string of the molecule is CC(=O)N1c2c(O)cccc2C23CCN4CCCC(O)(CCC12)C43. The number of hydrogen-bond acceptors (Lipinski definition) is 4. The van der Waals surface area contributed by atoms with E-state index in [-0.39, 0.29) is 29.2 Å². The standard InChI is InChI=1S/C19H24N2O3/c1-12(22)21-15-6-8-18(24)7-3-10-20-11-9-19(15,17(18)20)13-4-2-5-14(23)16(13)21/h2,4-5,15,17,23-24H,3,6-11H2,1H3. The minimum absolute atomic E-state index is 0.0145. The Kier molecular flexibility index (Phi) is 2.78. The van der Waals surface area contributed by atoms with Gasteiger partial charge in [-0.15, -0.1) is 0 Å². The lowest BCUT2D eigenvalue weighted by Gasteiger charge is -2.56. The summed E-state index contributed by atoms with van der Waals surface area (Å²) >= 11 is 0. The third-order valence-electron chi connectivity index (χ3n) is 7.08. The van der Waals surface area contributed by atoms with E-state index in [1.807, 2.05) is 11.0 Å². The van der Waals surface area contributed by atoms with Crippen LogP contribution in [0.15, 0.2) is 18.2 Å². The zero-order valence-corrected chi connectivity index (χ0v) is 14.0. The first-order valence-corrected chi connectivity index (χ1v) is 9.08. The van der Waals surface area contributed by atoms with Gasteiger partial charge < -0.3 is 15.1 Å². The van der Waals surface area contributed by atoms with E-state index in [9.17, 15) is 15.0 Å². The molecule has 1 amide bonds. The summed E-state index contributed by atoms with van der Waals surface area (Å²) < 4.78 is 0. The molecule has 0 radical (unpaired) electrons. The maximum Gasteiger partial charge on any atom is 0.224 e. The largest absolute Gasteiger partial charge is 0.506 e. The van der Waals surface area contributed by atoms with Gasteiger partial charge in [-0.1, -0.05) is 12.1 Å². The van der Waals surface area contributed by atoms with E-state index >= 15 is 0 Å². The van der Waals surface area contributed by atoms with Crippen molar-refractivity contribution < 1.29 is 15.0 Å². The number of benzene rings is 1. The molecular weight excluding hydrogens is 304 g/mol. The second kappa shape index (κ2) is 4.52. The molecule has 4 atom stereocenters. The summed E-state index contributed by atoms with van der Waals surface area (Å²) in [4.78, 5) is 16.7. The molecule has 1 aromatic rings. The van der Waals surface area contributed by atoms with Crippen molar-refractivity contribution in [2.45, 2.75) is 62.1 Å². The lowest BCUT2D eigenvalue weighted by molar-refractivity contribution is -0.123. The number of fused-ring (bicyclic) bond motifs is 1. The van der Waals surface area contributed by atoms with Crippen molar-refractivity contribution in [3.8, 4) is 5.75 Å². The van der Waals surface area contributed by atoms with Gasteiger partial charge in [0.2, 0.25) is 5.91 Å². The van der Waals surface area contributed by atoms with Gasteiger partial charge in [0.1, 0.15) is 5.75 Å². The van der Waals surface area contributed by atoms with Crippen LogP contribution in [0.2, 0.25) is 0 Å². The first kappa shape index (κ1) is 14.7. The number of aromatic hydroxyl groups is 1. The minimum atomic E-state index is -0.666. The molecule has 0 bridgehead atoms. The molecule has 3 aliphatic heterocycles. The number of amides is 1. The van der Waals surface area contributed by atoms with Crippen LogP contribution < -0.4 is 4.90 Å². The van der Waals surface area contributed by atoms with Crippen LogP contribution in [-0.2, 0) is 10.2 Å². The number of carbonyl (C=O) groups excluding carboxylic acids is 1. The highest BCUT2D eigenvalue weighted by Gasteiger charge is 2.69. The molecule has 1 saturated carbocycles. The van der Waals surface area contributed by atoms with Gasteiger partial charge in [-0.2, -0.15) is 0 Å². The smallest absolute Gasteiger partial charge is 0.224 e. The van der Waals surface area contributed by atoms with E-state index in [1.54, 1.807) is 13.0 Å². The van der Waals surface area contributed by atoms with Crippen LogP contribution in [-0.4, -0.2) is 51.8 Å². The fourth-order valence-electron chi connectivity index (χ4n) is 6.47. The fraction of sp³-hybridized carbons (Fsp3) is 0.632. The summed E-state index contributed by atoms with van der Waals surface area (Å²) in [6.07, 6.45) is 4.37. The Morgan fingerprint density at radius 1 is 1.25 bits per heavy atom. The number of aliphatic hydroxyl groups is 1. The second-order valence-corrected chi connectivity index (χ2v) is 8.05. The van der Waals surface area contributed by atoms with Gasteiger partial charge in [-0.3, -0.25) is 9.69 Å². The van der Waals surface area contributed by atoms with Crippen molar-refractivity contribution in [3.05, 3.63) is 23.8 Å². The molecule has 2 saturated heterocycles. The number of phenolic OH excluding ortho intramolecular Hbond substituents is 1. The monoisotopic (exact) mass is 328 g/mol. The lowest BCUT2D eigenvalue weighted by Crippen LogP contribution is -2.68. The summed E-state index contributed by atoms with van der Waals surface area (Å²) in [7, 11) is 0.